The van der Waals surface area contributed by atoms with Crippen LogP contribution in [0.1, 0.15) is 16.1 Å². The van der Waals surface area contributed by atoms with Crippen molar-refractivity contribution >= 4 is 27.3 Å². The second-order valence-electron chi connectivity index (χ2n) is 3.89. The lowest BCUT2D eigenvalue weighted by Gasteiger charge is -2.03. The van der Waals surface area contributed by atoms with Crippen molar-refractivity contribution in [3.63, 3.8) is 0 Å². The summed E-state index contributed by atoms with van der Waals surface area (Å²) in [6, 6.07) is 5.49. The molecular formula is C12H9BrF3NS. The van der Waals surface area contributed by atoms with Crippen molar-refractivity contribution in [2.45, 2.75) is 20.0 Å². The first-order valence-corrected chi connectivity index (χ1v) is 6.71. The molecule has 0 aliphatic carbocycles. The summed E-state index contributed by atoms with van der Waals surface area (Å²) in [5.41, 5.74) is 1.66. The van der Waals surface area contributed by atoms with Crippen LogP contribution in [0.3, 0.4) is 0 Å². The lowest BCUT2D eigenvalue weighted by atomic mass is 10.1. The second-order valence-corrected chi connectivity index (χ2v) is 5.81. The quantitative estimate of drug-likeness (QED) is 0.697. The highest BCUT2D eigenvalue weighted by molar-refractivity contribution is 9.10. The molecule has 0 N–H and O–H groups in total. The van der Waals surface area contributed by atoms with Gasteiger partial charge in [-0.15, -0.1) is 11.3 Å². The van der Waals surface area contributed by atoms with E-state index in [1.165, 1.54) is 6.92 Å². The summed E-state index contributed by atoms with van der Waals surface area (Å²) in [7, 11) is 0. The number of hydrogen-bond acceptors (Lipinski definition) is 2. The summed E-state index contributed by atoms with van der Waals surface area (Å²) in [5.74, 6) is 0. The third kappa shape index (κ3) is 2.59. The van der Waals surface area contributed by atoms with Crippen molar-refractivity contribution in [2.75, 3.05) is 0 Å². The summed E-state index contributed by atoms with van der Waals surface area (Å²) in [5, 5.41) is 0.402. The SMILES string of the molecule is Cc1ccc(Br)cc1-c1nc(C)c(C(F)(F)F)s1. The zero-order chi connectivity index (χ0) is 13.5. The van der Waals surface area contributed by atoms with Crippen LogP contribution in [-0.2, 0) is 6.18 Å². The number of rotatable bonds is 1. The summed E-state index contributed by atoms with van der Waals surface area (Å²) < 4.78 is 39.0. The predicted octanol–water partition coefficient (Wildman–Crippen LogP) is 5.21. The number of alkyl halides is 3. The first kappa shape index (κ1) is 13.5. The topological polar surface area (TPSA) is 12.9 Å². The van der Waals surface area contributed by atoms with Gasteiger partial charge in [-0.3, -0.25) is 0 Å². The van der Waals surface area contributed by atoms with Crippen LogP contribution in [-0.4, -0.2) is 4.98 Å². The van der Waals surface area contributed by atoms with E-state index in [1.54, 1.807) is 6.07 Å². The van der Waals surface area contributed by atoms with Crippen molar-refractivity contribution in [1.29, 1.82) is 0 Å². The molecule has 0 fully saturated rings. The molecule has 0 aliphatic heterocycles. The van der Waals surface area contributed by atoms with Crippen molar-refractivity contribution in [1.82, 2.24) is 4.98 Å². The molecule has 0 spiro atoms. The van der Waals surface area contributed by atoms with Gasteiger partial charge in [0.25, 0.3) is 0 Å². The predicted molar refractivity (Wildman–Crippen MR) is 69.7 cm³/mol. The standard InChI is InChI=1S/C12H9BrF3NS/c1-6-3-4-8(13)5-9(6)11-17-7(2)10(18-11)12(14,15)16/h3-5H,1-2H3. The average molecular weight is 336 g/mol. The van der Waals surface area contributed by atoms with Crippen LogP contribution in [0.25, 0.3) is 10.6 Å². The Morgan fingerprint density at radius 1 is 1.22 bits per heavy atom. The Kier molecular flexibility index (Phi) is 3.51. The summed E-state index contributed by atoms with van der Waals surface area (Å²) in [6.07, 6.45) is -4.33. The molecule has 1 aromatic heterocycles. The van der Waals surface area contributed by atoms with Crippen molar-refractivity contribution in [3.05, 3.63) is 38.8 Å². The maximum atomic E-state index is 12.7. The first-order valence-electron chi connectivity index (χ1n) is 5.10. The van der Waals surface area contributed by atoms with Crippen LogP contribution in [0, 0.1) is 13.8 Å². The Bertz CT molecular complexity index is 589. The monoisotopic (exact) mass is 335 g/mol. The molecule has 0 saturated heterocycles. The summed E-state index contributed by atoms with van der Waals surface area (Å²) in [4.78, 5) is 3.40. The largest absolute Gasteiger partial charge is 0.427 e. The van der Waals surface area contributed by atoms with E-state index in [0.29, 0.717) is 16.3 Å². The Balaban J connectivity index is 2.56. The van der Waals surface area contributed by atoms with E-state index in [4.69, 9.17) is 0 Å². The van der Waals surface area contributed by atoms with Crippen LogP contribution in [0.2, 0.25) is 0 Å². The lowest BCUT2D eigenvalue weighted by molar-refractivity contribution is -0.134. The Morgan fingerprint density at radius 3 is 2.44 bits per heavy atom. The Hall–Kier alpha value is -0.880. The van der Waals surface area contributed by atoms with Crippen LogP contribution in [0.5, 0.6) is 0 Å². The van der Waals surface area contributed by atoms with Gasteiger partial charge >= 0.3 is 6.18 Å². The molecule has 18 heavy (non-hydrogen) atoms. The average Bonchev–Trinajstić information content (AvgIpc) is 2.63. The van der Waals surface area contributed by atoms with Crippen molar-refractivity contribution in [3.8, 4) is 10.6 Å². The van der Waals surface area contributed by atoms with Crippen LogP contribution in [0.4, 0.5) is 13.2 Å². The number of halogens is 4. The molecule has 1 aromatic carbocycles. The number of aryl methyl sites for hydroxylation is 2. The minimum Gasteiger partial charge on any atom is -0.241 e. The molecule has 1 heterocycles. The number of thiazole rings is 1. The number of nitrogens with zero attached hydrogens (tertiary/aromatic N) is 1. The van der Waals surface area contributed by atoms with Crippen LogP contribution >= 0.6 is 27.3 Å². The zero-order valence-corrected chi connectivity index (χ0v) is 12.0. The molecule has 0 saturated carbocycles. The van der Waals surface area contributed by atoms with E-state index in [0.717, 1.165) is 15.6 Å². The fourth-order valence-corrected chi connectivity index (χ4v) is 2.98. The molecule has 2 aromatic rings. The minimum absolute atomic E-state index is 0.0295. The van der Waals surface area contributed by atoms with Gasteiger partial charge in [-0.25, -0.2) is 4.98 Å². The van der Waals surface area contributed by atoms with E-state index in [2.05, 4.69) is 20.9 Å². The number of aromatic nitrogens is 1. The van der Waals surface area contributed by atoms with Crippen molar-refractivity contribution in [2.24, 2.45) is 0 Å². The molecule has 0 aliphatic rings. The van der Waals surface area contributed by atoms with E-state index >= 15 is 0 Å². The summed E-state index contributed by atoms with van der Waals surface area (Å²) >= 11 is 4.00. The molecule has 1 nitrogen and oxygen atoms in total. The highest BCUT2D eigenvalue weighted by atomic mass is 79.9. The fraction of sp³-hybridized carbons (Fsp3) is 0.250. The third-order valence-corrected chi connectivity index (χ3v) is 4.21. The van der Waals surface area contributed by atoms with E-state index in [9.17, 15) is 13.2 Å². The second kappa shape index (κ2) is 4.66. The smallest absolute Gasteiger partial charge is 0.241 e. The maximum absolute atomic E-state index is 12.7. The highest BCUT2D eigenvalue weighted by Gasteiger charge is 2.36. The Labute approximate surface area is 115 Å². The number of benzene rings is 1. The van der Waals surface area contributed by atoms with Gasteiger partial charge in [-0.1, -0.05) is 22.0 Å². The number of hydrogen-bond donors (Lipinski definition) is 0. The van der Waals surface area contributed by atoms with E-state index in [1.807, 2.05) is 19.1 Å². The van der Waals surface area contributed by atoms with Crippen molar-refractivity contribution < 1.29 is 13.2 Å². The zero-order valence-electron chi connectivity index (χ0n) is 9.60. The molecular weight excluding hydrogens is 327 g/mol. The molecule has 2 rings (SSSR count). The van der Waals surface area contributed by atoms with Gasteiger partial charge in [0.2, 0.25) is 0 Å². The van der Waals surface area contributed by atoms with Gasteiger partial charge < -0.3 is 0 Å². The lowest BCUT2D eigenvalue weighted by Crippen LogP contribution is -2.03. The van der Waals surface area contributed by atoms with Gasteiger partial charge in [-0.2, -0.15) is 13.2 Å². The molecule has 0 bridgehead atoms. The Morgan fingerprint density at radius 2 is 1.89 bits per heavy atom. The minimum atomic E-state index is -4.33. The molecule has 0 atom stereocenters. The maximum Gasteiger partial charge on any atom is 0.427 e. The van der Waals surface area contributed by atoms with Gasteiger partial charge in [-0.05, 0) is 31.5 Å². The molecule has 0 amide bonds. The molecule has 0 unspecified atom stereocenters. The van der Waals surface area contributed by atoms with E-state index in [-0.39, 0.29) is 5.69 Å². The van der Waals surface area contributed by atoms with Gasteiger partial charge in [0, 0.05) is 10.0 Å². The normalized spacial score (nSPS) is 11.9. The summed E-state index contributed by atoms with van der Waals surface area (Å²) in [6.45, 7) is 3.24. The van der Waals surface area contributed by atoms with Gasteiger partial charge in [0.1, 0.15) is 9.88 Å². The molecule has 96 valence electrons. The first-order chi connectivity index (χ1) is 8.29. The van der Waals surface area contributed by atoms with Gasteiger partial charge in [0.15, 0.2) is 0 Å². The van der Waals surface area contributed by atoms with Gasteiger partial charge in [0.05, 0.1) is 5.69 Å². The van der Waals surface area contributed by atoms with Crippen LogP contribution < -0.4 is 0 Å². The molecule has 0 radical (unpaired) electrons. The third-order valence-electron chi connectivity index (χ3n) is 2.48. The van der Waals surface area contributed by atoms with Crippen LogP contribution in [0.15, 0.2) is 22.7 Å². The molecule has 6 heteroatoms. The highest BCUT2D eigenvalue weighted by Crippen LogP contribution is 2.40. The fourth-order valence-electron chi connectivity index (χ4n) is 1.60. The van der Waals surface area contributed by atoms with E-state index < -0.39 is 11.1 Å².